The molecule has 0 fully saturated rings. The van der Waals surface area contributed by atoms with Crippen molar-refractivity contribution >= 4 is 11.7 Å². The van der Waals surface area contributed by atoms with E-state index in [1.165, 1.54) is 7.11 Å². The van der Waals surface area contributed by atoms with Gasteiger partial charge in [-0.05, 0) is 22.6 Å². The van der Waals surface area contributed by atoms with E-state index in [2.05, 4.69) is 10.2 Å². The molecule has 124 valence electrons. The summed E-state index contributed by atoms with van der Waals surface area (Å²) in [6.45, 7) is 11.8. The summed E-state index contributed by atoms with van der Waals surface area (Å²) < 4.78 is 4.83. The minimum absolute atomic E-state index is 0.155. The summed E-state index contributed by atoms with van der Waals surface area (Å²) in [5, 5.41) is 3.24. The highest BCUT2D eigenvalue weighted by atomic mass is 16.5. The number of ether oxygens (including phenoxy) is 1. The smallest absolute Gasteiger partial charge is 0.323 e. The fourth-order valence-corrected chi connectivity index (χ4v) is 2.56. The number of nitrogens with one attached hydrogen (secondary N) is 1. The maximum Gasteiger partial charge on any atom is 0.323 e. The van der Waals surface area contributed by atoms with Gasteiger partial charge in [0.05, 0.1) is 13.7 Å². The Morgan fingerprint density at radius 1 is 1.17 bits per heavy atom. The monoisotopic (exact) mass is 322 g/mol. The van der Waals surface area contributed by atoms with Crippen LogP contribution in [0, 0.1) is 12.5 Å². The number of nitrogens with zero attached hydrogens (tertiary/aromatic N) is 1. The minimum atomic E-state index is -0.322. The second-order valence-corrected chi connectivity index (χ2v) is 5.95. The predicted octanol–water partition coefficient (Wildman–Crippen LogP) is 4.19. The number of para-hydroxylation sites is 1. The number of methoxy groups -OCH3 is 1. The highest BCUT2D eigenvalue weighted by molar-refractivity contribution is 5.78. The summed E-state index contributed by atoms with van der Waals surface area (Å²) in [7, 11) is 1.41. The average Bonchev–Trinajstić information content (AvgIpc) is 2.61. The highest BCUT2D eigenvalue weighted by Gasteiger charge is 2.21. The molecule has 4 nitrogen and oxygen atoms in total. The van der Waals surface area contributed by atoms with Crippen LogP contribution in [-0.2, 0) is 16.1 Å². The number of esters is 1. The van der Waals surface area contributed by atoms with Crippen LogP contribution in [0.15, 0.2) is 48.5 Å². The van der Waals surface area contributed by atoms with E-state index in [1.54, 1.807) is 0 Å². The number of hydrogen-bond donors (Lipinski definition) is 1. The second kappa shape index (κ2) is 8.28. The number of carbonyl (C=O) groups is 1. The van der Waals surface area contributed by atoms with E-state index in [0.717, 1.165) is 16.7 Å². The molecule has 2 aromatic rings. The van der Waals surface area contributed by atoms with Gasteiger partial charge in [0.25, 0.3) is 0 Å². The molecule has 0 aromatic heterocycles. The van der Waals surface area contributed by atoms with Crippen molar-refractivity contribution in [1.29, 1.82) is 0 Å². The van der Waals surface area contributed by atoms with E-state index >= 15 is 0 Å². The normalized spacial score (nSPS) is 11.8. The first-order chi connectivity index (χ1) is 11.6. The van der Waals surface area contributed by atoms with Gasteiger partial charge in [-0.2, -0.15) is 0 Å². The first-order valence-electron chi connectivity index (χ1n) is 7.93. The Morgan fingerprint density at radius 2 is 1.83 bits per heavy atom. The molecule has 1 N–H and O–H groups in total. The molecule has 0 saturated carbocycles. The van der Waals surface area contributed by atoms with Crippen LogP contribution in [-0.4, -0.2) is 19.1 Å². The van der Waals surface area contributed by atoms with Crippen molar-refractivity contribution in [3.8, 4) is 11.1 Å². The van der Waals surface area contributed by atoms with Crippen LogP contribution in [0.4, 0.5) is 5.69 Å². The van der Waals surface area contributed by atoms with E-state index < -0.39 is 0 Å². The molecule has 4 heteroatoms. The van der Waals surface area contributed by atoms with Gasteiger partial charge in [0.15, 0.2) is 5.69 Å². The summed E-state index contributed by atoms with van der Waals surface area (Å²) >= 11 is 0. The third-order valence-corrected chi connectivity index (χ3v) is 3.94. The Kier molecular flexibility index (Phi) is 6.11. The van der Waals surface area contributed by atoms with Gasteiger partial charge in [-0.3, -0.25) is 4.79 Å². The van der Waals surface area contributed by atoms with Gasteiger partial charge in [0.1, 0.15) is 6.04 Å². The van der Waals surface area contributed by atoms with Crippen molar-refractivity contribution in [3.05, 3.63) is 65.5 Å². The molecular formula is C20H22N2O2. The molecule has 0 spiro atoms. The molecule has 0 radical (unpaired) electrons. The second-order valence-electron chi connectivity index (χ2n) is 5.95. The number of hydrogen-bond acceptors (Lipinski definition) is 3. The van der Waals surface area contributed by atoms with Crippen molar-refractivity contribution in [2.45, 2.75) is 26.4 Å². The molecular weight excluding hydrogens is 300 g/mol. The Morgan fingerprint density at radius 3 is 2.42 bits per heavy atom. The molecule has 0 unspecified atom stereocenters. The Bertz CT molecular complexity index is 730. The van der Waals surface area contributed by atoms with E-state index in [9.17, 15) is 4.79 Å². The van der Waals surface area contributed by atoms with Crippen LogP contribution in [0.25, 0.3) is 16.0 Å². The molecule has 24 heavy (non-hydrogen) atoms. The molecule has 0 saturated heterocycles. The van der Waals surface area contributed by atoms with Crippen molar-refractivity contribution in [3.63, 3.8) is 0 Å². The fourth-order valence-electron chi connectivity index (χ4n) is 2.56. The van der Waals surface area contributed by atoms with E-state index in [4.69, 9.17) is 11.3 Å². The average molecular weight is 322 g/mol. The summed E-state index contributed by atoms with van der Waals surface area (Å²) in [4.78, 5) is 15.3. The Hall–Kier alpha value is -2.64. The third kappa shape index (κ3) is 4.21. The van der Waals surface area contributed by atoms with Gasteiger partial charge in [-0.15, -0.1) is 0 Å². The Balaban J connectivity index is 2.10. The molecule has 0 amide bonds. The van der Waals surface area contributed by atoms with Crippen LogP contribution in [0.5, 0.6) is 0 Å². The van der Waals surface area contributed by atoms with Crippen molar-refractivity contribution in [2.75, 3.05) is 7.11 Å². The number of carbonyl (C=O) groups excluding carboxylic acids is 1. The van der Waals surface area contributed by atoms with Gasteiger partial charge >= 0.3 is 5.97 Å². The molecule has 0 heterocycles. The molecule has 0 aliphatic carbocycles. The van der Waals surface area contributed by atoms with Gasteiger partial charge in [-0.25, -0.2) is 4.85 Å². The third-order valence-electron chi connectivity index (χ3n) is 3.94. The summed E-state index contributed by atoms with van der Waals surface area (Å²) in [6.07, 6.45) is 0. The molecule has 2 aromatic carbocycles. The number of benzene rings is 2. The molecule has 1 atom stereocenters. The maximum absolute atomic E-state index is 11.8. The predicted molar refractivity (Wildman–Crippen MR) is 95.6 cm³/mol. The minimum Gasteiger partial charge on any atom is -0.468 e. The van der Waals surface area contributed by atoms with Crippen LogP contribution in [0.3, 0.4) is 0 Å². The lowest BCUT2D eigenvalue weighted by Gasteiger charge is -2.20. The lowest BCUT2D eigenvalue weighted by Crippen LogP contribution is -2.41. The summed E-state index contributed by atoms with van der Waals surface area (Å²) in [6, 6.07) is 15.3. The molecule has 0 aliphatic heterocycles. The molecule has 0 aliphatic rings. The van der Waals surface area contributed by atoms with Crippen molar-refractivity contribution < 1.29 is 9.53 Å². The zero-order valence-corrected chi connectivity index (χ0v) is 14.2. The zero-order valence-electron chi connectivity index (χ0n) is 14.2. The lowest BCUT2D eigenvalue weighted by molar-refractivity contribution is -0.144. The van der Waals surface area contributed by atoms with Crippen LogP contribution < -0.4 is 5.32 Å². The van der Waals surface area contributed by atoms with Gasteiger partial charge in [0, 0.05) is 6.54 Å². The van der Waals surface area contributed by atoms with Gasteiger partial charge < -0.3 is 10.1 Å². The van der Waals surface area contributed by atoms with Crippen molar-refractivity contribution in [1.82, 2.24) is 5.32 Å². The molecule has 2 rings (SSSR count). The van der Waals surface area contributed by atoms with Gasteiger partial charge in [0.2, 0.25) is 0 Å². The first kappa shape index (κ1) is 17.7. The van der Waals surface area contributed by atoms with Crippen LogP contribution in [0.1, 0.15) is 19.4 Å². The topological polar surface area (TPSA) is 42.7 Å². The SMILES string of the molecule is [C-]#[N+]c1ccccc1-c1ccc(CN[C@H](C(=O)OC)C(C)C)cc1. The van der Waals surface area contributed by atoms with E-state index in [0.29, 0.717) is 12.2 Å². The maximum atomic E-state index is 11.8. The van der Waals surface area contributed by atoms with Crippen LogP contribution in [0.2, 0.25) is 0 Å². The summed E-state index contributed by atoms with van der Waals surface area (Å²) in [5.41, 5.74) is 3.67. The fraction of sp³-hybridized carbons (Fsp3) is 0.300. The van der Waals surface area contributed by atoms with E-state index in [-0.39, 0.29) is 17.9 Å². The summed E-state index contributed by atoms with van der Waals surface area (Å²) in [5.74, 6) is -0.0881. The first-order valence-corrected chi connectivity index (χ1v) is 7.93. The van der Waals surface area contributed by atoms with Crippen molar-refractivity contribution in [2.24, 2.45) is 5.92 Å². The van der Waals surface area contributed by atoms with Crippen LogP contribution >= 0.6 is 0 Å². The zero-order chi connectivity index (χ0) is 17.5. The quantitative estimate of drug-likeness (QED) is 0.640. The number of rotatable bonds is 6. The van der Waals surface area contributed by atoms with E-state index in [1.807, 2.05) is 62.4 Å². The standard InChI is InChI=1S/C20H22N2O2/c1-14(2)19(20(23)24-4)22-13-15-9-11-16(12-10-15)17-7-5-6-8-18(17)21-3/h5-12,14,19,22H,13H2,1-2,4H3/t19-/m0/s1. The Labute approximate surface area is 143 Å². The largest absolute Gasteiger partial charge is 0.468 e. The molecule has 0 bridgehead atoms. The highest BCUT2D eigenvalue weighted by Crippen LogP contribution is 2.30. The lowest BCUT2D eigenvalue weighted by atomic mass is 10.0. The van der Waals surface area contributed by atoms with Gasteiger partial charge in [-0.1, -0.05) is 62.4 Å².